The molecule has 0 spiro atoms. The molecule has 138 valence electrons. The molecular weight excluding hydrogens is 352 g/mol. The topological polar surface area (TPSA) is 85.4 Å². The zero-order chi connectivity index (χ0) is 18.8. The first-order valence-electron chi connectivity index (χ1n) is 8.36. The Balaban J connectivity index is 1.65. The minimum Gasteiger partial charge on any atom is -0.403 e. The van der Waals surface area contributed by atoms with Crippen molar-refractivity contribution in [2.45, 2.75) is 25.5 Å². The van der Waals surface area contributed by atoms with Gasteiger partial charge in [0.15, 0.2) is 0 Å². The minimum absolute atomic E-state index is 0.191. The highest BCUT2D eigenvalue weighted by Crippen LogP contribution is 2.31. The van der Waals surface area contributed by atoms with Crippen LogP contribution in [0.2, 0.25) is 0 Å². The Labute approximate surface area is 154 Å². The molecule has 2 unspecified atom stereocenters. The minimum atomic E-state index is -1.19. The van der Waals surface area contributed by atoms with Gasteiger partial charge in [0.2, 0.25) is 12.5 Å². The fraction of sp³-hybridized carbons (Fsp3) is 0.211. The lowest BCUT2D eigenvalue weighted by molar-refractivity contribution is -0.0653. The lowest BCUT2D eigenvalue weighted by Gasteiger charge is -2.22. The van der Waals surface area contributed by atoms with Crippen molar-refractivity contribution in [3.63, 3.8) is 0 Å². The highest BCUT2D eigenvalue weighted by atomic mass is 16.8. The Hall–Kier alpha value is -3.55. The van der Waals surface area contributed by atoms with Gasteiger partial charge in [-0.1, -0.05) is 60.7 Å². The van der Waals surface area contributed by atoms with Crippen molar-refractivity contribution in [3.8, 4) is 0 Å². The third kappa shape index (κ3) is 3.41. The van der Waals surface area contributed by atoms with Crippen molar-refractivity contribution in [3.05, 3.63) is 71.8 Å². The molecule has 2 aliphatic rings. The number of cyclic esters (lactones) is 2. The van der Waals surface area contributed by atoms with Crippen molar-refractivity contribution in [1.29, 1.82) is 0 Å². The number of hydrogen-bond acceptors (Lipinski definition) is 6. The van der Waals surface area contributed by atoms with E-state index in [1.165, 1.54) is 9.80 Å². The summed E-state index contributed by atoms with van der Waals surface area (Å²) in [7, 11) is 0. The van der Waals surface area contributed by atoms with Crippen LogP contribution >= 0.6 is 0 Å². The van der Waals surface area contributed by atoms with E-state index in [0.717, 1.165) is 11.1 Å². The van der Waals surface area contributed by atoms with Crippen LogP contribution in [0.4, 0.5) is 14.4 Å². The maximum absolute atomic E-state index is 13.0. The van der Waals surface area contributed by atoms with E-state index in [9.17, 15) is 14.4 Å². The Bertz CT molecular complexity index is 788. The normalized spacial score (nSPS) is 21.9. The second-order valence-electron chi connectivity index (χ2n) is 6.13. The van der Waals surface area contributed by atoms with E-state index in [0.29, 0.717) is 0 Å². The largest absolute Gasteiger partial charge is 0.520 e. The maximum atomic E-state index is 13.0. The number of amides is 2. The van der Waals surface area contributed by atoms with Gasteiger partial charge in [-0.05, 0) is 11.1 Å². The predicted molar refractivity (Wildman–Crippen MR) is 91.0 cm³/mol. The molecule has 0 aliphatic carbocycles. The molecule has 27 heavy (non-hydrogen) atoms. The SMILES string of the molecule is O=C1OC(=O)OC2C(O1)N(Cc1ccccc1)C(=O)N2Cc1ccccc1. The summed E-state index contributed by atoms with van der Waals surface area (Å²) < 4.78 is 14.8. The molecular formula is C19H16N2O6. The second kappa shape index (κ2) is 6.99. The zero-order valence-electron chi connectivity index (χ0n) is 14.2. The van der Waals surface area contributed by atoms with Crippen molar-refractivity contribution in [2.75, 3.05) is 0 Å². The molecule has 0 N–H and O–H groups in total. The van der Waals surface area contributed by atoms with Gasteiger partial charge in [-0.25, -0.2) is 14.4 Å². The number of hydrogen-bond donors (Lipinski definition) is 0. The van der Waals surface area contributed by atoms with Gasteiger partial charge in [-0.3, -0.25) is 9.80 Å². The average Bonchev–Trinajstić information content (AvgIpc) is 2.80. The Kier molecular flexibility index (Phi) is 4.37. The first-order valence-corrected chi connectivity index (χ1v) is 8.36. The fourth-order valence-corrected chi connectivity index (χ4v) is 3.12. The van der Waals surface area contributed by atoms with Crippen LogP contribution in [0.15, 0.2) is 60.7 Å². The molecule has 2 aromatic rings. The van der Waals surface area contributed by atoms with Crippen LogP contribution in [-0.4, -0.2) is 40.6 Å². The van der Waals surface area contributed by atoms with Crippen molar-refractivity contribution in [2.24, 2.45) is 0 Å². The number of carbonyl (C=O) groups is 3. The van der Waals surface area contributed by atoms with E-state index in [4.69, 9.17) is 9.47 Å². The van der Waals surface area contributed by atoms with Crippen LogP contribution in [-0.2, 0) is 27.3 Å². The van der Waals surface area contributed by atoms with Crippen LogP contribution in [0.25, 0.3) is 0 Å². The molecule has 4 rings (SSSR count). The van der Waals surface area contributed by atoms with E-state index in [1.807, 2.05) is 60.7 Å². The summed E-state index contributed by atoms with van der Waals surface area (Å²) in [4.78, 5) is 39.1. The number of carbonyl (C=O) groups excluding carboxylic acids is 3. The van der Waals surface area contributed by atoms with Gasteiger partial charge in [0.1, 0.15) is 0 Å². The molecule has 2 aromatic carbocycles. The fourth-order valence-electron chi connectivity index (χ4n) is 3.12. The second-order valence-corrected chi connectivity index (χ2v) is 6.13. The van der Waals surface area contributed by atoms with Crippen LogP contribution in [0, 0.1) is 0 Å². The van der Waals surface area contributed by atoms with Crippen molar-refractivity contribution < 1.29 is 28.6 Å². The number of ether oxygens (including phenoxy) is 3. The summed E-state index contributed by atoms with van der Waals surface area (Å²) >= 11 is 0. The molecule has 2 aliphatic heterocycles. The van der Waals surface area contributed by atoms with Gasteiger partial charge in [0, 0.05) is 0 Å². The Morgan fingerprint density at radius 2 is 1.07 bits per heavy atom. The van der Waals surface area contributed by atoms with E-state index in [2.05, 4.69) is 4.74 Å². The van der Waals surface area contributed by atoms with E-state index in [-0.39, 0.29) is 13.1 Å². The Morgan fingerprint density at radius 3 is 1.48 bits per heavy atom. The van der Waals surface area contributed by atoms with Gasteiger partial charge in [0.05, 0.1) is 13.1 Å². The van der Waals surface area contributed by atoms with Gasteiger partial charge in [0.25, 0.3) is 0 Å². The quantitative estimate of drug-likeness (QED) is 0.609. The lowest BCUT2D eigenvalue weighted by Crippen LogP contribution is -2.40. The number of benzene rings is 2. The summed E-state index contributed by atoms with van der Waals surface area (Å²) in [6.07, 6.45) is -4.58. The molecule has 2 fully saturated rings. The lowest BCUT2D eigenvalue weighted by atomic mass is 10.2. The average molecular weight is 368 g/mol. The van der Waals surface area contributed by atoms with Crippen LogP contribution in [0.1, 0.15) is 11.1 Å². The monoisotopic (exact) mass is 368 g/mol. The predicted octanol–water partition coefficient (Wildman–Crippen LogP) is 3.08. The Morgan fingerprint density at radius 1 is 0.667 bits per heavy atom. The van der Waals surface area contributed by atoms with Crippen LogP contribution < -0.4 is 0 Å². The third-order valence-corrected chi connectivity index (χ3v) is 4.34. The van der Waals surface area contributed by atoms with Crippen molar-refractivity contribution in [1.82, 2.24) is 9.80 Å². The van der Waals surface area contributed by atoms with Gasteiger partial charge >= 0.3 is 18.3 Å². The molecule has 2 heterocycles. The molecule has 2 amide bonds. The molecule has 0 bridgehead atoms. The van der Waals surface area contributed by atoms with Gasteiger partial charge in [-0.15, -0.1) is 0 Å². The molecule has 0 aromatic heterocycles. The molecule has 0 saturated carbocycles. The number of rotatable bonds is 4. The summed E-state index contributed by atoms with van der Waals surface area (Å²) in [5, 5.41) is 0. The van der Waals surface area contributed by atoms with Crippen LogP contribution in [0.5, 0.6) is 0 Å². The highest BCUT2D eigenvalue weighted by Gasteiger charge is 2.53. The number of urea groups is 1. The molecule has 8 heteroatoms. The van der Waals surface area contributed by atoms with Gasteiger partial charge in [-0.2, -0.15) is 0 Å². The summed E-state index contributed by atoms with van der Waals surface area (Å²) in [6.45, 7) is 0.383. The van der Waals surface area contributed by atoms with Crippen LogP contribution in [0.3, 0.4) is 0 Å². The maximum Gasteiger partial charge on any atom is 0.520 e. The van der Waals surface area contributed by atoms with E-state index in [1.54, 1.807) is 0 Å². The number of nitrogens with zero attached hydrogens (tertiary/aromatic N) is 2. The molecule has 8 nitrogen and oxygen atoms in total. The first kappa shape index (κ1) is 16.9. The molecule has 2 atom stereocenters. The number of fused-ring (bicyclic) bond motifs is 1. The van der Waals surface area contributed by atoms with Gasteiger partial charge < -0.3 is 14.2 Å². The molecule has 0 radical (unpaired) electrons. The van der Waals surface area contributed by atoms with E-state index < -0.39 is 30.8 Å². The summed E-state index contributed by atoms with van der Waals surface area (Å²) in [5.74, 6) is 0. The summed E-state index contributed by atoms with van der Waals surface area (Å²) in [6, 6.07) is 18.1. The standard InChI is InChI=1S/C19H16N2O6/c22-17-20(11-13-7-3-1-4-8-13)15-16(26-19(24)27-18(23)25-15)21(17)12-14-9-5-2-6-10-14/h1-10,15-16H,11-12H2. The smallest absolute Gasteiger partial charge is 0.403 e. The van der Waals surface area contributed by atoms with Crippen molar-refractivity contribution >= 4 is 18.3 Å². The molecule has 2 saturated heterocycles. The first-order chi connectivity index (χ1) is 13.1. The van der Waals surface area contributed by atoms with E-state index >= 15 is 0 Å². The summed E-state index contributed by atoms with van der Waals surface area (Å²) in [5.41, 5.74) is 1.69. The highest BCUT2D eigenvalue weighted by molar-refractivity contribution is 5.82. The third-order valence-electron chi connectivity index (χ3n) is 4.34. The zero-order valence-corrected chi connectivity index (χ0v) is 14.2.